The number of carboxylic acids is 2. The monoisotopic (exact) mass is 351 g/mol. The minimum atomic E-state index is -1.12. The van der Waals surface area contributed by atoms with Crippen molar-refractivity contribution in [2.45, 2.75) is 6.92 Å². The molecule has 0 saturated carbocycles. The number of hydrogen-bond acceptors (Lipinski definition) is 3. The van der Waals surface area contributed by atoms with Gasteiger partial charge in [-0.1, -0.05) is 36.4 Å². The molecule has 4 N–H and O–H groups in total. The van der Waals surface area contributed by atoms with Gasteiger partial charge in [-0.25, -0.2) is 9.59 Å². The van der Waals surface area contributed by atoms with Crippen molar-refractivity contribution in [1.82, 2.24) is 0 Å². The number of amides is 1. The third-order valence-electron chi connectivity index (χ3n) is 3.63. The Hall–Kier alpha value is -3.67. The third-order valence-corrected chi connectivity index (χ3v) is 3.63. The molecule has 6 heteroatoms. The Kier molecular flexibility index (Phi) is 5.70. The number of aryl methyl sites for hydroxylation is 1. The highest BCUT2D eigenvalue weighted by Crippen LogP contribution is 2.17. The number of hydrogen-bond donors (Lipinski definition) is 3. The summed E-state index contributed by atoms with van der Waals surface area (Å²) in [5.74, 6) is -2.62. The van der Waals surface area contributed by atoms with E-state index in [1.54, 1.807) is 13.0 Å². The molecule has 1 amide bonds. The van der Waals surface area contributed by atoms with Crippen LogP contribution in [-0.4, -0.2) is 28.1 Å². The van der Waals surface area contributed by atoms with Crippen LogP contribution in [-0.2, 0) is 0 Å². The second-order valence-corrected chi connectivity index (χ2v) is 5.59. The standard InChI is InChI=1S/C11H9NO.C9H8O4/c12-11(13)10-7-3-5-8-4-1-2-6-9(8)10;1-5-2-6(8(10)11)4-7(3-5)9(12)13/h1-7H,(H2,12,13);2-4H,1H3,(H,10,11)(H,12,13). The van der Waals surface area contributed by atoms with E-state index < -0.39 is 11.9 Å². The predicted octanol–water partition coefficient (Wildman–Crippen LogP) is 3.33. The Labute approximate surface area is 149 Å². The van der Waals surface area contributed by atoms with E-state index >= 15 is 0 Å². The van der Waals surface area contributed by atoms with Crippen LogP contribution in [0.4, 0.5) is 0 Å². The molecule has 3 rings (SSSR count). The fraction of sp³-hybridized carbons (Fsp3) is 0.0500. The number of rotatable bonds is 3. The average Bonchev–Trinajstić information content (AvgIpc) is 2.61. The molecule has 0 heterocycles. The number of aromatic carboxylic acids is 2. The molecule has 0 saturated heterocycles. The Morgan fingerprint density at radius 3 is 1.88 bits per heavy atom. The molecule has 6 nitrogen and oxygen atoms in total. The zero-order valence-electron chi connectivity index (χ0n) is 14.0. The Morgan fingerprint density at radius 1 is 0.808 bits per heavy atom. The first-order valence-electron chi connectivity index (χ1n) is 7.65. The van der Waals surface area contributed by atoms with Crippen molar-refractivity contribution in [3.63, 3.8) is 0 Å². The van der Waals surface area contributed by atoms with E-state index in [9.17, 15) is 14.4 Å². The van der Waals surface area contributed by atoms with Crippen molar-refractivity contribution >= 4 is 28.6 Å². The summed E-state index contributed by atoms with van der Waals surface area (Å²) < 4.78 is 0. The quantitative estimate of drug-likeness (QED) is 0.669. The maximum atomic E-state index is 11.0. The van der Waals surface area contributed by atoms with Gasteiger partial charge in [-0.05, 0) is 47.5 Å². The Balaban J connectivity index is 0.000000187. The summed E-state index contributed by atoms with van der Waals surface area (Å²) in [6, 6.07) is 17.2. The van der Waals surface area contributed by atoms with Crippen LogP contribution < -0.4 is 5.73 Å². The molecule has 0 aliphatic rings. The van der Waals surface area contributed by atoms with E-state index in [1.807, 2.05) is 36.4 Å². The SMILES string of the molecule is Cc1cc(C(=O)O)cc(C(=O)O)c1.NC(=O)c1cccc2ccccc12. The summed E-state index contributed by atoms with van der Waals surface area (Å²) in [6.45, 7) is 1.65. The molecule has 0 unspecified atom stereocenters. The van der Waals surface area contributed by atoms with Gasteiger partial charge in [-0.15, -0.1) is 0 Å². The van der Waals surface area contributed by atoms with Crippen LogP contribution in [0, 0.1) is 6.92 Å². The van der Waals surface area contributed by atoms with Crippen LogP contribution in [0.1, 0.15) is 36.6 Å². The summed E-state index contributed by atoms with van der Waals surface area (Å²) in [4.78, 5) is 32.1. The first kappa shape index (κ1) is 18.7. The van der Waals surface area contributed by atoms with Crippen molar-refractivity contribution in [2.24, 2.45) is 5.73 Å². The maximum absolute atomic E-state index is 11.0. The van der Waals surface area contributed by atoms with Crippen LogP contribution in [0.15, 0.2) is 60.7 Å². The van der Waals surface area contributed by atoms with E-state index in [0.717, 1.165) is 16.8 Å². The summed E-state index contributed by atoms with van der Waals surface area (Å²) in [5.41, 5.74) is 6.44. The summed E-state index contributed by atoms with van der Waals surface area (Å²) in [5, 5.41) is 19.2. The number of nitrogens with two attached hydrogens (primary N) is 1. The van der Waals surface area contributed by atoms with Gasteiger partial charge in [0, 0.05) is 5.56 Å². The van der Waals surface area contributed by atoms with Gasteiger partial charge in [-0.2, -0.15) is 0 Å². The molecule has 0 fully saturated rings. The van der Waals surface area contributed by atoms with Gasteiger partial charge in [0.05, 0.1) is 11.1 Å². The van der Waals surface area contributed by atoms with E-state index in [-0.39, 0.29) is 17.0 Å². The van der Waals surface area contributed by atoms with Crippen LogP contribution in [0.3, 0.4) is 0 Å². The van der Waals surface area contributed by atoms with Gasteiger partial charge in [0.25, 0.3) is 0 Å². The molecule has 0 bridgehead atoms. The summed E-state index contributed by atoms with van der Waals surface area (Å²) >= 11 is 0. The highest BCUT2D eigenvalue weighted by atomic mass is 16.4. The molecule has 3 aromatic carbocycles. The molecule has 3 aromatic rings. The molecule has 0 radical (unpaired) electrons. The van der Waals surface area contributed by atoms with E-state index in [2.05, 4.69) is 0 Å². The van der Waals surface area contributed by atoms with Gasteiger partial charge in [0.2, 0.25) is 5.91 Å². The van der Waals surface area contributed by atoms with Crippen molar-refractivity contribution < 1.29 is 24.6 Å². The zero-order chi connectivity index (χ0) is 19.3. The minimum Gasteiger partial charge on any atom is -0.478 e. The molecule has 0 spiro atoms. The van der Waals surface area contributed by atoms with Gasteiger partial charge in [-0.3, -0.25) is 4.79 Å². The first-order valence-corrected chi connectivity index (χ1v) is 7.65. The Morgan fingerprint density at radius 2 is 1.35 bits per heavy atom. The number of fused-ring (bicyclic) bond motifs is 1. The lowest BCUT2D eigenvalue weighted by molar-refractivity contribution is 0.0696. The summed E-state index contributed by atoms with van der Waals surface area (Å²) in [6.07, 6.45) is 0. The van der Waals surface area contributed by atoms with Gasteiger partial charge >= 0.3 is 11.9 Å². The van der Waals surface area contributed by atoms with Gasteiger partial charge in [0.1, 0.15) is 0 Å². The summed E-state index contributed by atoms with van der Waals surface area (Å²) in [7, 11) is 0. The third kappa shape index (κ3) is 4.45. The van der Waals surface area contributed by atoms with Crippen LogP contribution in [0.5, 0.6) is 0 Å². The smallest absolute Gasteiger partial charge is 0.335 e. The Bertz CT molecular complexity index is 957. The normalized spacial score (nSPS) is 9.88. The molecular formula is C20H17NO5. The van der Waals surface area contributed by atoms with Crippen LogP contribution in [0.2, 0.25) is 0 Å². The second kappa shape index (κ2) is 7.94. The second-order valence-electron chi connectivity index (χ2n) is 5.59. The molecule has 0 aromatic heterocycles. The van der Waals surface area contributed by atoms with Crippen molar-refractivity contribution in [1.29, 1.82) is 0 Å². The number of carbonyl (C=O) groups is 3. The topological polar surface area (TPSA) is 118 Å². The van der Waals surface area contributed by atoms with E-state index in [1.165, 1.54) is 12.1 Å². The lowest BCUT2D eigenvalue weighted by Gasteiger charge is -2.01. The molecular weight excluding hydrogens is 334 g/mol. The van der Waals surface area contributed by atoms with Gasteiger partial charge < -0.3 is 15.9 Å². The van der Waals surface area contributed by atoms with Crippen molar-refractivity contribution in [3.8, 4) is 0 Å². The highest BCUT2D eigenvalue weighted by molar-refractivity contribution is 6.06. The van der Waals surface area contributed by atoms with Crippen molar-refractivity contribution in [3.05, 3.63) is 82.9 Å². The number of benzene rings is 3. The average molecular weight is 351 g/mol. The zero-order valence-corrected chi connectivity index (χ0v) is 14.0. The lowest BCUT2D eigenvalue weighted by atomic mass is 10.0. The van der Waals surface area contributed by atoms with Gasteiger partial charge in [0.15, 0.2) is 0 Å². The fourth-order valence-electron chi connectivity index (χ4n) is 2.47. The molecule has 132 valence electrons. The lowest BCUT2D eigenvalue weighted by Crippen LogP contribution is -2.11. The largest absolute Gasteiger partial charge is 0.478 e. The van der Waals surface area contributed by atoms with E-state index in [4.69, 9.17) is 15.9 Å². The number of carbonyl (C=O) groups excluding carboxylic acids is 1. The van der Waals surface area contributed by atoms with Crippen LogP contribution in [0.25, 0.3) is 10.8 Å². The number of carboxylic acid groups (broad SMARTS) is 2. The van der Waals surface area contributed by atoms with Crippen LogP contribution >= 0.6 is 0 Å². The number of primary amides is 1. The molecule has 0 aliphatic heterocycles. The molecule has 0 aliphatic carbocycles. The minimum absolute atomic E-state index is 0.00241. The molecule has 0 atom stereocenters. The fourth-order valence-corrected chi connectivity index (χ4v) is 2.47. The van der Waals surface area contributed by atoms with E-state index in [0.29, 0.717) is 11.1 Å². The molecule has 26 heavy (non-hydrogen) atoms. The predicted molar refractivity (Wildman–Crippen MR) is 97.6 cm³/mol. The maximum Gasteiger partial charge on any atom is 0.335 e. The first-order chi connectivity index (χ1) is 12.3. The van der Waals surface area contributed by atoms with Crippen molar-refractivity contribution in [2.75, 3.05) is 0 Å². The highest BCUT2D eigenvalue weighted by Gasteiger charge is 2.09.